The number of fused-ring (bicyclic) bond motifs is 1. The van der Waals surface area contributed by atoms with Crippen LogP contribution in [-0.2, 0) is 6.54 Å². The van der Waals surface area contributed by atoms with E-state index in [9.17, 15) is 4.79 Å². The molecule has 1 aromatic carbocycles. The second-order valence-corrected chi connectivity index (χ2v) is 8.58. The number of aromatic nitrogens is 4. The van der Waals surface area contributed by atoms with Crippen molar-refractivity contribution in [3.8, 4) is 11.4 Å². The molecule has 10 heteroatoms. The van der Waals surface area contributed by atoms with Crippen LogP contribution in [0, 0.1) is 6.92 Å². The monoisotopic (exact) mass is 481 g/mol. The Morgan fingerprint density at radius 3 is 2.97 bits per heavy atom. The Labute approximate surface area is 186 Å². The van der Waals surface area contributed by atoms with Crippen LogP contribution < -0.4 is 11.1 Å². The summed E-state index contributed by atoms with van der Waals surface area (Å²) in [5.74, 6) is 0.771. The number of benzene rings is 1. The minimum absolute atomic E-state index is 0.222. The molecule has 0 bridgehead atoms. The SMILES string of the molecule is Cc1ccc(-c2noc(CN3CC(N)C3)n2)cc1NC(=O)c1cnc2ccc(Br)cn12. The molecule has 0 aliphatic carbocycles. The summed E-state index contributed by atoms with van der Waals surface area (Å²) in [4.78, 5) is 23.9. The number of likely N-dealkylation sites (tertiary alicyclic amines) is 1. The summed E-state index contributed by atoms with van der Waals surface area (Å²) in [7, 11) is 0. The Bertz CT molecular complexity index is 1280. The van der Waals surface area contributed by atoms with Crippen molar-refractivity contribution in [1.29, 1.82) is 0 Å². The summed E-state index contributed by atoms with van der Waals surface area (Å²) in [6, 6.07) is 9.62. The number of nitrogens with two attached hydrogens (primary N) is 1. The quantitative estimate of drug-likeness (QED) is 0.450. The molecule has 1 saturated heterocycles. The molecule has 5 rings (SSSR count). The maximum absolute atomic E-state index is 12.9. The van der Waals surface area contributed by atoms with Gasteiger partial charge in [-0.15, -0.1) is 0 Å². The minimum atomic E-state index is -0.256. The zero-order valence-corrected chi connectivity index (χ0v) is 18.3. The molecule has 1 aliphatic heterocycles. The second-order valence-electron chi connectivity index (χ2n) is 7.67. The number of halogens is 1. The minimum Gasteiger partial charge on any atom is -0.338 e. The molecule has 158 valence electrons. The fourth-order valence-electron chi connectivity index (χ4n) is 3.57. The highest BCUT2D eigenvalue weighted by Gasteiger charge is 2.25. The van der Waals surface area contributed by atoms with E-state index in [0.717, 1.165) is 28.7 Å². The number of anilines is 1. The zero-order chi connectivity index (χ0) is 21.5. The van der Waals surface area contributed by atoms with Crippen molar-refractivity contribution in [2.45, 2.75) is 19.5 Å². The van der Waals surface area contributed by atoms with Gasteiger partial charge in [0.25, 0.3) is 5.91 Å². The topological polar surface area (TPSA) is 115 Å². The van der Waals surface area contributed by atoms with Crippen LogP contribution in [0.3, 0.4) is 0 Å². The van der Waals surface area contributed by atoms with E-state index in [1.165, 1.54) is 0 Å². The van der Waals surface area contributed by atoms with E-state index in [2.05, 4.69) is 41.3 Å². The van der Waals surface area contributed by atoms with Gasteiger partial charge in [0, 0.05) is 41.1 Å². The number of aryl methyl sites for hydroxylation is 1. The summed E-state index contributed by atoms with van der Waals surface area (Å²) < 4.78 is 7.98. The van der Waals surface area contributed by atoms with Crippen molar-refractivity contribution in [3.05, 3.63) is 64.3 Å². The number of nitrogens with one attached hydrogen (secondary N) is 1. The highest BCUT2D eigenvalue weighted by molar-refractivity contribution is 9.10. The van der Waals surface area contributed by atoms with Crippen LogP contribution in [0.25, 0.3) is 17.0 Å². The van der Waals surface area contributed by atoms with Gasteiger partial charge in [-0.3, -0.25) is 14.1 Å². The summed E-state index contributed by atoms with van der Waals surface area (Å²) in [6.07, 6.45) is 3.37. The van der Waals surface area contributed by atoms with E-state index >= 15 is 0 Å². The average Bonchev–Trinajstić information content (AvgIpc) is 3.35. The summed E-state index contributed by atoms with van der Waals surface area (Å²) in [5, 5.41) is 7.06. The summed E-state index contributed by atoms with van der Waals surface area (Å²) >= 11 is 3.43. The maximum Gasteiger partial charge on any atom is 0.274 e. The van der Waals surface area contributed by atoms with Crippen LogP contribution in [0.15, 0.2) is 51.7 Å². The number of imidazole rings is 1. The Balaban J connectivity index is 1.37. The van der Waals surface area contributed by atoms with Crippen molar-refractivity contribution in [3.63, 3.8) is 0 Å². The Morgan fingerprint density at radius 1 is 1.32 bits per heavy atom. The normalized spacial score (nSPS) is 14.7. The van der Waals surface area contributed by atoms with Gasteiger partial charge < -0.3 is 15.6 Å². The molecule has 1 amide bonds. The van der Waals surface area contributed by atoms with E-state index < -0.39 is 0 Å². The predicted molar refractivity (Wildman–Crippen MR) is 119 cm³/mol. The molecular formula is C21H20BrN7O2. The van der Waals surface area contributed by atoms with Crippen molar-refractivity contribution < 1.29 is 9.32 Å². The molecule has 0 unspecified atom stereocenters. The highest BCUT2D eigenvalue weighted by atomic mass is 79.9. The average molecular weight is 482 g/mol. The lowest BCUT2D eigenvalue weighted by molar-refractivity contribution is 0.102. The van der Waals surface area contributed by atoms with E-state index in [1.54, 1.807) is 10.6 Å². The smallest absolute Gasteiger partial charge is 0.274 e. The van der Waals surface area contributed by atoms with E-state index in [1.807, 2.05) is 43.5 Å². The highest BCUT2D eigenvalue weighted by Crippen LogP contribution is 2.25. The van der Waals surface area contributed by atoms with Gasteiger partial charge in [0.05, 0.1) is 12.7 Å². The molecule has 3 aromatic heterocycles. The second kappa shape index (κ2) is 7.88. The van der Waals surface area contributed by atoms with E-state index in [0.29, 0.717) is 35.3 Å². The fraction of sp³-hybridized carbons (Fsp3) is 0.238. The molecule has 0 saturated carbocycles. The number of hydrogen-bond acceptors (Lipinski definition) is 7. The maximum atomic E-state index is 12.9. The lowest BCUT2D eigenvalue weighted by Gasteiger charge is -2.35. The molecular weight excluding hydrogens is 462 g/mol. The number of nitrogens with zero attached hydrogens (tertiary/aromatic N) is 5. The number of amides is 1. The van der Waals surface area contributed by atoms with Crippen LogP contribution in [0.4, 0.5) is 5.69 Å². The Hall–Kier alpha value is -3.08. The van der Waals surface area contributed by atoms with Crippen molar-refractivity contribution >= 4 is 33.2 Å². The van der Waals surface area contributed by atoms with Gasteiger partial charge in [-0.1, -0.05) is 17.3 Å². The van der Waals surface area contributed by atoms with Gasteiger partial charge in [0.2, 0.25) is 11.7 Å². The Kier molecular flexibility index (Phi) is 5.05. The molecule has 3 N–H and O–H groups in total. The van der Waals surface area contributed by atoms with Crippen LogP contribution in [0.5, 0.6) is 0 Å². The lowest BCUT2D eigenvalue weighted by atomic mass is 10.1. The van der Waals surface area contributed by atoms with Crippen molar-refractivity contribution in [1.82, 2.24) is 24.4 Å². The molecule has 1 fully saturated rings. The predicted octanol–water partition coefficient (Wildman–Crippen LogP) is 2.85. The van der Waals surface area contributed by atoms with Gasteiger partial charge in [-0.25, -0.2) is 4.98 Å². The third-order valence-corrected chi connectivity index (χ3v) is 5.73. The van der Waals surface area contributed by atoms with Crippen molar-refractivity contribution in [2.75, 3.05) is 18.4 Å². The first kappa shape index (κ1) is 19.9. The van der Waals surface area contributed by atoms with Crippen molar-refractivity contribution in [2.24, 2.45) is 5.73 Å². The number of carbonyl (C=O) groups is 1. The largest absolute Gasteiger partial charge is 0.338 e. The van der Waals surface area contributed by atoms with Gasteiger partial charge >= 0.3 is 0 Å². The fourth-order valence-corrected chi connectivity index (χ4v) is 3.91. The van der Waals surface area contributed by atoms with Gasteiger partial charge in [-0.05, 0) is 46.6 Å². The lowest BCUT2D eigenvalue weighted by Crippen LogP contribution is -2.54. The van der Waals surface area contributed by atoms with Gasteiger partial charge in [0.15, 0.2) is 0 Å². The molecule has 0 atom stereocenters. The van der Waals surface area contributed by atoms with E-state index in [-0.39, 0.29) is 11.9 Å². The summed E-state index contributed by atoms with van der Waals surface area (Å²) in [6.45, 7) is 4.18. The van der Waals surface area contributed by atoms with Crippen LogP contribution in [0.2, 0.25) is 0 Å². The first-order chi connectivity index (χ1) is 15.0. The zero-order valence-electron chi connectivity index (χ0n) is 16.7. The molecule has 1 aliphatic rings. The standard InChI is InChI=1S/C21H20BrN7O2/c1-12-2-3-13(20-26-19(31-27-20)11-28-9-15(23)10-28)6-16(12)25-21(30)17-7-24-18-5-4-14(22)8-29(17)18/h2-8,15H,9-11,23H2,1H3,(H,25,30). The van der Waals surface area contributed by atoms with Gasteiger partial charge in [0.1, 0.15) is 11.3 Å². The molecule has 4 aromatic rings. The van der Waals surface area contributed by atoms with Crippen LogP contribution in [0.1, 0.15) is 21.9 Å². The van der Waals surface area contributed by atoms with E-state index in [4.69, 9.17) is 10.3 Å². The van der Waals surface area contributed by atoms with Crippen LogP contribution in [-0.4, -0.2) is 49.5 Å². The number of hydrogen-bond donors (Lipinski definition) is 2. The molecule has 4 heterocycles. The van der Waals surface area contributed by atoms with Crippen LogP contribution >= 0.6 is 15.9 Å². The number of carbonyl (C=O) groups excluding carboxylic acids is 1. The third-order valence-electron chi connectivity index (χ3n) is 5.26. The number of pyridine rings is 1. The van der Waals surface area contributed by atoms with Gasteiger partial charge in [-0.2, -0.15) is 4.98 Å². The number of rotatable bonds is 5. The molecule has 0 spiro atoms. The first-order valence-electron chi connectivity index (χ1n) is 9.82. The Morgan fingerprint density at radius 2 is 2.16 bits per heavy atom. The molecule has 9 nitrogen and oxygen atoms in total. The third kappa shape index (κ3) is 3.97. The molecule has 31 heavy (non-hydrogen) atoms. The molecule has 0 radical (unpaired) electrons. The summed E-state index contributed by atoms with van der Waals surface area (Å²) in [5.41, 5.74) is 9.30. The first-order valence-corrected chi connectivity index (χ1v) is 10.6.